The zero-order chi connectivity index (χ0) is 79.5. The minimum atomic E-state index is -1.15. The molecule has 8 aromatic rings. The van der Waals surface area contributed by atoms with Gasteiger partial charge in [-0.25, -0.2) is 67.5 Å². The molecule has 0 atom stereocenters. The molecule has 576 valence electrons. The summed E-state index contributed by atoms with van der Waals surface area (Å²) in [5, 5.41) is 26.0. The lowest BCUT2D eigenvalue weighted by molar-refractivity contribution is 0.0718. The van der Waals surface area contributed by atoms with Crippen molar-refractivity contribution >= 4 is 23.9 Å². The van der Waals surface area contributed by atoms with Gasteiger partial charge in [0.15, 0.2) is 17.4 Å². The van der Waals surface area contributed by atoms with E-state index < -0.39 is 128 Å². The highest BCUT2D eigenvalue weighted by molar-refractivity contribution is 5.93. The molecule has 0 bridgehead atoms. The Bertz CT molecular complexity index is 4660. The van der Waals surface area contributed by atoms with Crippen LogP contribution in [0, 0.1) is 122 Å². The first-order chi connectivity index (χ1) is 52.7. The number of carbonyl (C=O) groups excluding carboxylic acids is 4. The standard InChI is InChI=1S/C23H22F3NO2.C22H20F3NO2.C21H18F3NO2.C21H22F2O3/c1-2-3-14-4-6-15(7-5-14)16-8-9-18(20(24)10-16)23(28)29-17-11-21(25)19(13-27)22(26)12-17;1-2-13-3-5-14(6-4-13)15-7-8-17(19(23)9-15)22(27)28-16-10-20(24)18(12-26)21(25)11-16;1-12-2-4-13(5-3-12)14-6-7-16(18(22)8-14)21(26)27-15-9-19(23)17(11-25)20(24)10-15;1-13-3-5-14(6-4-13)15-7-9-16(10-8-15)21(24)26-17-11-18(22)20(25-2)19(23)12-17/h8-12,14-15H,2-7H2,1H3;7-11,13-14H,2-6H2,1H3;6-10,12-13H,2-5H2,1H3;7-14H,3-6H2,1-2H3. The van der Waals surface area contributed by atoms with E-state index in [4.69, 9.17) is 34.7 Å². The first kappa shape index (κ1) is 83.2. The van der Waals surface area contributed by atoms with Gasteiger partial charge in [-0.1, -0.05) is 103 Å². The Kier molecular flexibility index (Phi) is 29.5. The highest BCUT2D eigenvalue weighted by Gasteiger charge is 2.29. The first-order valence-electron chi connectivity index (χ1n) is 36.8. The molecule has 0 heterocycles. The summed E-state index contributed by atoms with van der Waals surface area (Å²) >= 11 is 0. The van der Waals surface area contributed by atoms with Crippen LogP contribution >= 0.6 is 0 Å². The summed E-state index contributed by atoms with van der Waals surface area (Å²) in [6.07, 6.45) is 20.9. The number of rotatable bonds is 16. The Morgan fingerprint density at radius 2 is 0.618 bits per heavy atom. The number of carbonyl (C=O) groups is 4. The van der Waals surface area contributed by atoms with Gasteiger partial charge < -0.3 is 23.7 Å². The number of benzene rings is 8. The predicted octanol–water partition coefficient (Wildman–Crippen LogP) is 23.1. The molecule has 0 spiro atoms. The minimum absolute atomic E-state index is 0.198. The Morgan fingerprint density at radius 3 is 0.900 bits per heavy atom. The normalized spacial score (nSPS) is 19.3. The average molecular weight is 1520 g/mol. The van der Waals surface area contributed by atoms with Crippen LogP contribution in [0.2, 0.25) is 0 Å². The van der Waals surface area contributed by atoms with Crippen LogP contribution in [0.3, 0.4) is 0 Å². The van der Waals surface area contributed by atoms with Crippen LogP contribution in [-0.2, 0) is 0 Å². The Labute approximate surface area is 631 Å². The molecule has 12 nitrogen and oxygen atoms in total. The minimum Gasteiger partial charge on any atom is -0.491 e. The van der Waals surface area contributed by atoms with Gasteiger partial charge in [0.1, 0.15) is 110 Å². The van der Waals surface area contributed by atoms with Gasteiger partial charge in [-0.2, -0.15) is 15.8 Å². The number of nitriles is 3. The lowest BCUT2D eigenvalue weighted by Gasteiger charge is -2.28. The highest BCUT2D eigenvalue weighted by Crippen LogP contribution is 2.42. The van der Waals surface area contributed by atoms with Crippen LogP contribution in [0.15, 0.2) is 127 Å². The summed E-state index contributed by atoms with van der Waals surface area (Å²) in [5.74, 6) is -12.5. The molecule has 0 saturated heterocycles. The molecule has 8 aromatic carbocycles. The van der Waals surface area contributed by atoms with Crippen LogP contribution in [0.5, 0.6) is 28.7 Å². The predicted molar refractivity (Wildman–Crippen MR) is 387 cm³/mol. The number of ether oxygens (including phenoxy) is 5. The van der Waals surface area contributed by atoms with E-state index in [1.165, 1.54) is 93.0 Å². The van der Waals surface area contributed by atoms with E-state index in [0.29, 0.717) is 17.4 Å². The fraction of sp³-hybridized carbons (Fsp3) is 0.368. The second-order valence-corrected chi connectivity index (χ2v) is 28.5. The van der Waals surface area contributed by atoms with Crippen molar-refractivity contribution < 1.29 is 91.2 Å². The fourth-order valence-electron chi connectivity index (χ4n) is 14.6. The third-order valence-electron chi connectivity index (χ3n) is 21.1. The van der Waals surface area contributed by atoms with E-state index in [-0.39, 0.29) is 40.2 Å². The van der Waals surface area contributed by atoms with E-state index in [0.717, 1.165) is 179 Å². The van der Waals surface area contributed by atoms with E-state index in [2.05, 4.69) is 32.4 Å². The molecule has 4 fully saturated rings. The van der Waals surface area contributed by atoms with Crippen LogP contribution in [-0.4, -0.2) is 31.0 Å². The molecule has 0 radical (unpaired) electrons. The lowest BCUT2D eigenvalue weighted by Crippen LogP contribution is -2.15. The third kappa shape index (κ3) is 21.8. The zero-order valence-corrected chi connectivity index (χ0v) is 61.4. The van der Waals surface area contributed by atoms with Crippen molar-refractivity contribution in [3.8, 4) is 47.0 Å². The third-order valence-corrected chi connectivity index (χ3v) is 21.1. The van der Waals surface area contributed by atoms with Crippen molar-refractivity contribution in [1.82, 2.24) is 0 Å². The molecule has 23 heteroatoms. The van der Waals surface area contributed by atoms with Gasteiger partial charge in [-0.15, -0.1) is 0 Å². The summed E-state index contributed by atoms with van der Waals surface area (Å²) < 4.78 is 177. The largest absolute Gasteiger partial charge is 0.491 e. The van der Waals surface area contributed by atoms with Gasteiger partial charge in [-0.05, 0) is 195 Å². The summed E-state index contributed by atoms with van der Waals surface area (Å²) in [6.45, 7) is 8.83. The maximum Gasteiger partial charge on any atom is 0.346 e. The average Bonchev–Trinajstić information content (AvgIpc) is 0.820. The van der Waals surface area contributed by atoms with Gasteiger partial charge in [0.2, 0.25) is 0 Å². The molecular formula is C87H82F11N3O9. The molecule has 12 rings (SSSR count). The molecule has 4 saturated carbocycles. The number of esters is 4. The topological polar surface area (TPSA) is 186 Å². The molecular weight excluding hydrogens is 1440 g/mol. The first-order valence-corrected chi connectivity index (χ1v) is 36.8. The van der Waals surface area contributed by atoms with Crippen LogP contribution in [0.4, 0.5) is 48.3 Å². The van der Waals surface area contributed by atoms with E-state index >= 15 is 0 Å². The van der Waals surface area contributed by atoms with Crippen molar-refractivity contribution in [2.75, 3.05) is 7.11 Å². The Hall–Kier alpha value is -10.9. The smallest absolute Gasteiger partial charge is 0.346 e. The number of nitrogens with zero attached hydrogens (tertiary/aromatic N) is 3. The fourth-order valence-corrected chi connectivity index (χ4v) is 14.6. The van der Waals surface area contributed by atoms with Crippen molar-refractivity contribution in [2.24, 2.45) is 23.7 Å². The van der Waals surface area contributed by atoms with Crippen molar-refractivity contribution in [3.05, 3.63) is 253 Å². The quantitative estimate of drug-likeness (QED) is 0.0507. The molecule has 0 aromatic heterocycles. The zero-order valence-electron chi connectivity index (χ0n) is 61.4. The van der Waals surface area contributed by atoms with Crippen LogP contribution in [0.1, 0.15) is 254 Å². The molecule has 110 heavy (non-hydrogen) atoms. The number of hydrogen-bond acceptors (Lipinski definition) is 12. The highest BCUT2D eigenvalue weighted by atomic mass is 19.2. The summed E-state index contributed by atoms with van der Waals surface area (Å²) in [7, 11) is 1.17. The Balaban J connectivity index is 0.000000169. The SMILES string of the molecule is CC1CCC(c2ccc(C(=O)Oc3cc(F)c(C#N)c(F)c3)c(F)c2)CC1.CCC1CCC(c2ccc(C(=O)Oc3cc(F)c(C#N)c(F)c3)c(F)c2)CC1.CCCC1CCC(c2ccc(C(=O)Oc3cc(F)c(C#N)c(F)c3)c(F)c2)CC1.COc1c(F)cc(OC(=O)c2ccc(C3CCC(C)CC3)cc2)cc1F. The summed E-state index contributed by atoms with van der Waals surface area (Å²) in [5.41, 5.74) is 0.858. The monoisotopic (exact) mass is 1520 g/mol. The summed E-state index contributed by atoms with van der Waals surface area (Å²) in [6, 6.07) is 30.7. The molecule has 4 aliphatic carbocycles. The Morgan fingerprint density at radius 1 is 0.345 bits per heavy atom. The van der Waals surface area contributed by atoms with Crippen LogP contribution in [0.25, 0.3) is 0 Å². The van der Waals surface area contributed by atoms with Gasteiger partial charge >= 0.3 is 23.9 Å². The second-order valence-electron chi connectivity index (χ2n) is 28.5. The lowest BCUT2D eigenvalue weighted by atomic mass is 9.77. The second kappa shape index (κ2) is 39.0. The molecule has 0 amide bonds. The number of halogens is 11. The maximum atomic E-state index is 14.5. The molecule has 4 aliphatic rings. The molecule has 0 aliphatic heterocycles. The molecule has 0 N–H and O–H groups in total. The van der Waals surface area contributed by atoms with E-state index in [1.807, 2.05) is 12.1 Å². The van der Waals surface area contributed by atoms with Gasteiger partial charge in [0.05, 0.1) is 29.4 Å². The maximum absolute atomic E-state index is 14.5. The van der Waals surface area contributed by atoms with Crippen molar-refractivity contribution in [1.29, 1.82) is 15.8 Å². The van der Waals surface area contributed by atoms with Gasteiger partial charge in [0, 0.05) is 48.5 Å². The number of hydrogen-bond donors (Lipinski definition) is 0. The van der Waals surface area contributed by atoms with Crippen LogP contribution < -0.4 is 23.7 Å². The van der Waals surface area contributed by atoms with Crippen molar-refractivity contribution in [3.63, 3.8) is 0 Å². The summed E-state index contributed by atoms with van der Waals surface area (Å²) in [4.78, 5) is 48.8. The van der Waals surface area contributed by atoms with Crippen molar-refractivity contribution in [2.45, 2.75) is 173 Å². The van der Waals surface area contributed by atoms with Gasteiger partial charge in [0.25, 0.3) is 0 Å². The van der Waals surface area contributed by atoms with E-state index in [1.54, 1.807) is 30.3 Å². The molecule has 0 unspecified atom stereocenters. The number of methoxy groups -OCH3 is 1. The van der Waals surface area contributed by atoms with E-state index in [9.17, 15) is 67.5 Å². The van der Waals surface area contributed by atoms with Gasteiger partial charge in [-0.3, -0.25) is 0 Å².